The summed E-state index contributed by atoms with van der Waals surface area (Å²) in [6.07, 6.45) is 7.44. The fraction of sp³-hybridized carbons (Fsp3) is 0.750. The molecule has 2 N–H and O–H groups in total. The monoisotopic (exact) mass is 293 g/mol. The Morgan fingerprint density at radius 1 is 1.62 bits per heavy atom. The van der Waals surface area contributed by atoms with Gasteiger partial charge in [-0.25, -0.2) is 4.98 Å². The van der Waals surface area contributed by atoms with Gasteiger partial charge in [-0.3, -0.25) is 4.79 Å². The summed E-state index contributed by atoms with van der Waals surface area (Å²) in [4.78, 5) is 16.2. The molecule has 2 rings (SSSR count). The predicted octanol–water partition coefficient (Wildman–Crippen LogP) is 2.63. The molecule has 0 saturated heterocycles. The van der Waals surface area contributed by atoms with E-state index in [1.54, 1.807) is 0 Å². The number of aromatic nitrogens is 2. The first-order valence-corrected chi connectivity index (χ1v) is 8.00. The fourth-order valence-electron chi connectivity index (χ4n) is 3.68. The molecule has 1 heterocycles. The van der Waals surface area contributed by atoms with Crippen molar-refractivity contribution in [3.05, 3.63) is 18.2 Å². The highest BCUT2D eigenvalue weighted by Gasteiger charge is 2.48. The van der Waals surface area contributed by atoms with Gasteiger partial charge < -0.3 is 15.0 Å². The molecule has 0 radical (unpaired) electrons. The van der Waals surface area contributed by atoms with Crippen molar-refractivity contribution in [1.29, 1.82) is 0 Å². The quantitative estimate of drug-likeness (QED) is 0.811. The third-order valence-corrected chi connectivity index (χ3v) is 4.68. The van der Waals surface area contributed by atoms with Gasteiger partial charge in [-0.1, -0.05) is 27.2 Å². The largest absolute Gasteiger partial charge is 0.480 e. The minimum atomic E-state index is -0.729. The van der Waals surface area contributed by atoms with E-state index in [0.29, 0.717) is 12.5 Å². The lowest BCUT2D eigenvalue weighted by Gasteiger charge is -2.32. The maximum atomic E-state index is 11.8. The van der Waals surface area contributed by atoms with E-state index >= 15 is 0 Å². The van der Waals surface area contributed by atoms with E-state index in [9.17, 15) is 9.90 Å². The Bertz CT molecular complexity index is 484. The number of rotatable bonds is 7. The van der Waals surface area contributed by atoms with Crippen LogP contribution in [0.5, 0.6) is 0 Å². The third-order valence-electron chi connectivity index (χ3n) is 4.68. The van der Waals surface area contributed by atoms with E-state index in [2.05, 4.69) is 28.7 Å². The van der Waals surface area contributed by atoms with Crippen LogP contribution in [0, 0.1) is 5.92 Å². The average molecular weight is 293 g/mol. The molecule has 118 valence electrons. The minimum Gasteiger partial charge on any atom is -0.480 e. The van der Waals surface area contributed by atoms with Crippen LogP contribution in [-0.2, 0) is 11.3 Å². The summed E-state index contributed by atoms with van der Waals surface area (Å²) in [5.41, 5.74) is -0.729. The number of hydrogen-bond donors (Lipinski definition) is 2. The maximum Gasteiger partial charge on any atom is 0.324 e. The van der Waals surface area contributed by atoms with Crippen molar-refractivity contribution < 1.29 is 9.90 Å². The summed E-state index contributed by atoms with van der Waals surface area (Å²) >= 11 is 0. The number of imidazole rings is 1. The van der Waals surface area contributed by atoms with Crippen molar-refractivity contribution in [3.8, 4) is 0 Å². The zero-order chi connectivity index (χ0) is 15.5. The molecule has 5 nitrogen and oxygen atoms in total. The standard InChI is InChI=1S/C16H27N3O2/c1-4-18-16(15(20)21)8-5-6-13(16)7-10-19-11-9-17-14(19)12(2)3/h9,11-13,18H,4-8,10H2,1-3H3,(H,20,21). The number of nitrogens with one attached hydrogen (secondary N) is 1. The Kier molecular flexibility index (Phi) is 5.04. The summed E-state index contributed by atoms with van der Waals surface area (Å²) in [7, 11) is 0. The van der Waals surface area contributed by atoms with Crippen LogP contribution in [0.25, 0.3) is 0 Å². The molecule has 5 heteroatoms. The van der Waals surface area contributed by atoms with E-state index in [0.717, 1.165) is 38.1 Å². The number of carboxylic acids is 1. The Morgan fingerprint density at radius 2 is 2.38 bits per heavy atom. The first kappa shape index (κ1) is 16.0. The second kappa shape index (κ2) is 6.60. The number of likely N-dealkylation sites (N-methyl/N-ethyl adjacent to an activating group) is 1. The average Bonchev–Trinajstić information content (AvgIpc) is 3.03. The third kappa shape index (κ3) is 3.12. The minimum absolute atomic E-state index is 0.192. The van der Waals surface area contributed by atoms with E-state index in [-0.39, 0.29) is 5.92 Å². The molecule has 0 bridgehead atoms. The zero-order valence-electron chi connectivity index (χ0n) is 13.3. The molecule has 2 atom stereocenters. The maximum absolute atomic E-state index is 11.8. The number of nitrogens with zero attached hydrogens (tertiary/aromatic N) is 2. The van der Waals surface area contributed by atoms with Crippen LogP contribution in [0.1, 0.15) is 58.2 Å². The van der Waals surface area contributed by atoms with Crippen LogP contribution in [0.2, 0.25) is 0 Å². The summed E-state index contributed by atoms with van der Waals surface area (Å²) < 4.78 is 2.17. The summed E-state index contributed by atoms with van der Waals surface area (Å²) in [5.74, 6) is 0.970. The molecule has 0 spiro atoms. The number of carboxylic acid groups (broad SMARTS) is 1. The summed E-state index contributed by atoms with van der Waals surface area (Å²) in [6.45, 7) is 7.79. The van der Waals surface area contributed by atoms with Crippen LogP contribution in [0.4, 0.5) is 0 Å². The van der Waals surface area contributed by atoms with Crippen molar-refractivity contribution in [2.45, 2.75) is 64.5 Å². The fourth-order valence-corrected chi connectivity index (χ4v) is 3.68. The Labute approximate surface area is 126 Å². The second-order valence-corrected chi connectivity index (χ2v) is 6.32. The highest BCUT2D eigenvalue weighted by molar-refractivity contribution is 5.79. The van der Waals surface area contributed by atoms with Crippen molar-refractivity contribution in [2.24, 2.45) is 5.92 Å². The molecule has 0 amide bonds. The van der Waals surface area contributed by atoms with Crippen molar-refractivity contribution >= 4 is 5.97 Å². The molecule has 2 unspecified atom stereocenters. The van der Waals surface area contributed by atoms with Gasteiger partial charge in [0.2, 0.25) is 0 Å². The number of aryl methyl sites for hydroxylation is 1. The molecule has 1 aliphatic carbocycles. The highest BCUT2D eigenvalue weighted by Crippen LogP contribution is 2.38. The molecule has 1 aromatic rings. The van der Waals surface area contributed by atoms with Crippen LogP contribution < -0.4 is 5.32 Å². The van der Waals surface area contributed by atoms with Crippen molar-refractivity contribution in [3.63, 3.8) is 0 Å². The number of carbonyl (C=O) groups is 1. The molecular formula is C16H27N3O2. The van der Waals surface area contributed by atoms with Crippen molar-refractivity contribution in [2.75, 3.05) is 6.54 Å². The van der Waals surface area contributed by atoms with Gasteiger partial charge in [0, 0.05) is 24.9 Å². The number of aliphatic carboxylic acids is 1. The Hall–Kier alpha value is -1.36. The molecule has 0 aliphatic heterocycles. The number of hydrogen-bond acceptors (Lipinski definition) is 3. The van der Waals surface area contributed by atoms with Gasteiger partial charge in [0.05, 0.1) is 0 Å². The SMILES string of the molecule is CCNC1(C(=O)O)CCCC1CCn1ccnc1C(C)C. The van der Waals surface area contributed by atoms with E-state index in [1.165, 1.54) is 0 Å². The van der Waals surface area contributed by atoms with Gasteiger partial charge in [0.25, 0.3) is 0 Å². The highest BCUT2D eigenvalue weighted by atomic mass is 16.4. The van der Waals surface area contributed by atoms with Gasteiger partial charge in [-0.15, -0.1) is 0 Å². The molecular weight excluding hydrogens is 266 g/mol. The van der Waals surface area contributed by atoms with Crippen molar-refractivity contribution in [1.82, 2.24) is 14.9 Å². The van der Waals surface area contributed by atoms with E-state index in [1.807, 2.05) is 19.3 Å². The van der Waals surface area contributed by atoms with Gasteiger partial charge in [0.1, 0.15) is 11.4 Å². The van der Waals surface area contributed by atoms with Crippen LogP contribution in [0.3, 0.4) is 0 Å². The Balaban J connectivity index is 2.07. The first-order chi connectivity index (χ1) is 10.0. The lowest BCUT2D eigenvalue weighted by Crippen LogP contribution is -2.54. The lowest BCUT2D eigenvalue weighted by atomic mass is 9.84. The molecule has 1 saturated carbocycles. The smallest absolute Gasteiger partial charge is 0.324 e. The Morgan fingerprint density at radius 3 is 3.00 bits per heavy atom. The van der Waals surface area contributed by atoms with E-state index < -0.39 is 11.5 Å². The van der Waals surface area contributed by atoms with Crippen LogP contribution in [0.15, 0.2) is 12.4 Å². The molecule has 1 aliphatic rings. The molecule has 0 aromatic carbocycles. The van der Waals surface area contributed by atoms with Gasteiger partial charge in [-0.05, 0) is 31.7 Å². The van der Waals surface area contributed by atoms with Gasteiger partial charge in [0.15, 0.2) is 0 Å². The van der Waals surface area contributed by atoms with Crippen LogP contribution >= 0.6 is 0 Å². The predicted molar refractivity (Wildman–Crippen MR) is 82.3 cm³/mol. The first-order valence-electron chi connectivity index (χ1n) is 8.00. The summed E-state index contributed by atoms with van der Waals surface area (Å²) in [5, 5.41) is 12.9. The van der Waals surface area contributed by atoms with E-state index in [4.69, 9.17) is 0 Å². The molecule has 21 heavy (non-hydrogen) atoms. The van der Waals surface area contributed by atoms with Crippen LogP contribution in [-0.4, -0.2) is 32.7 Å². The zero-order valence-corrected chi connectivity index (χ0v) is 13.3. The normalized spacial score (nSPS) is 25.6. The summed E-state index contributed by atoms with van der Waals surface area (Å²) in [6, 6.07) is 0. The molecule has 1 aromatic heterocycles. The lowest BCUT2D eigenvalue weighted by molar-refractivity contribution is -0.146. The molecule has 1 fully saturated rings. The van der Waals surface area contributed by atoms with Gasteiger partial charge >= 0.3 is 5.97 Å². The topological polar surface area (TPSA) is 67.2 Å². The second-order valence-electron chi connectivity index (χ2n) is 6.32. The van der Waals surface area contributed by atoms with Gasteiger partial charge in [-0.2, -0.15) is 0 Å².